The second-order valence-corrected chi connectivity index (χ2v) is 3.83. The lowest BCUT2D eigenvalue weighted by Crippen LogP contribution is -2.12. The Labute approximate surface area is 106 Å². The van der Waals surface area contributed by atoms with E-state index < -0.39 is 23.1 Å². The monoisotopic (exact) mass is 272 g/mol. The van der Waals surface area contributed by atoms with Crippen LogP contribution in [0.1, 0.15) is 18.9 Å². The van der Waals surface area contributed by atoms with Gasteiger partial charge < -0.3 is 15.1 Å². The van der Waals surface area contributed by atoms with Crippen LogP contribution in [-0.2, 0) is 0 Å². The van der Waals surface area contributed by atoms with Crippen molar-refractivity contribution in [1.82, 2.24) is 15.5 Å². The third kappa shape index (κ3) is 2.84. The van der Waals surface area contributed by atoms with E-state index in [9.17, 15) is 13.2 Å². The summed E-state index contributed by atoms with van der Waals surface area (Å²) in [6, 6.07) is 0.894. The van der Waals surface area contributed by atoms with E-state index in [-0.39, 0.29) is 17.9 Å². The van der Waals surface area contributed by atoms with Gasteiger partial charge in [0.2, 0.25) is 5.89 Å². The molecular formula is C11H11F3N4O. The molecule has 0 bridgehead atoms. The van der Waals surface area contributed by atoms with Crippen molar-refractivity contribution in [2.24, 2.45) is 0 Å². The molecule has 2 rings (SSSR count). The van der Waals surface area contributed by atoms with Crippen LogP contribution in [0, 0.1) is 17.5 Å². The van der Waals surface area contributed by atoms with Crippen molar-refractivity contribution < 1.29 is 17.6 Å². The fourth-order valence-electron chi connectivity index (χ4n) is 1.35. The van der Waals surface area contributed by atoms with E-state index in [1.165, 1.54) is 0 Å². The number of hydrogen-bond acceptors (Lipinski definition) is 5. The zero-order valence-electron chi connectivity index (χ0n) is 10.2. The molecule has 0 amide bonds. The zero-order valence-corrected chi connectivity index (χ0v) is 10.2. The van der Waals surface area contributed by atoms with Crippen LogP contribution in [0.2, 0.25) is 0 Å². The first-order chi connectivity index (χ1) is 9.01. The predicted molar refractivity (Wildman–Crippen MR) is 61.4 cm³/mol. The molecule has 0 aliphatic heterocycles. The first-order valence-electron chi connectivity index (χ1n) is 5.43. The van der Waals surface area contributed by atoms with Gasteiger partial charge in [0.15, 0.2) is 11.6 Å². The highest BCUT2D eigenvalue weighted by atomic mass is 19.2. The van der Waals surface area contributed by atoms with Crippen LogP contribution in [0.5, 0.6) is 0 Å². The van der Waals surface area contributed by atoms with Crippen molar-refractivity contribution in [3.63, 3.8) is 0 Å². The summed E-state index contributed by atoms with van der Waals surface area (Å²) < 4.78 is 44.5. The Hall–Kier alpha value is -2.09. The van der Waals surface area contributed by atoms with Crippen molar-refractivity contribution in [3.8, 4) is 0 Å². The minimum absolute atomic E-state index is 0.152. The molecule has 0 spiro atoms. The van der Waals surface area contributed by atoms with Gasteiger partial charge in [0, 0.05) is 12.1 Å². The second-order valence-electron chi connectivity index (χ2n) is 3.83. The highest BCUT2D eigenvalue weighted by molar-refractivity contribution is 5.53. The molecule has 1 aromatic carbocycles. The first kappa shape index (κ1) is 13.3. The summed E-state index contributed by atoms with van der Waals surface area (Å²) in [4.78, 5) is 0. The first-order valence-corrected chi connectivity index (χ1v) is 5.43. The molecule has 2 N–H and O–H groups in total. The quantitative estimate of drug-likeness (QED) is 0.837. The summed E-state index contributed by atoms with van der Waals surface area (Å²) in [5, 5.41) is 12.5. The largest absolute Gasteiger partial charge is 0.406 e. The van der Waals surface area contributed by atoms with Gasteiger partial charge in [0.05, 0.1) is 11.7 Å². The van der Waals surface area contributed by atoms with E-state index in [0.29, 0.717) is 6.07 Å². The minimum Gasteiger partial charge on any atom is -0.406 e. The van der Waals surface area contributed by atoms with Crippen LogP contribution in [0.4, 0.5) is 24.9 Å². The lowest BCUT2D eigenvalue weighted by atomic mass is 10.3. The van der Waals surface area contributed by atoms with Crippen molar-refractivity contribution in [2.45, 2.75) is 13.0 Å². The van der Waals surface area contributed by atoms with E-state index in [4.69, 9.17) is 4.42 Å². The average molecular weight is 272 g/mol. The van der Waals surface area contributed by atoms with Gasteiger partial charge in [-0.1, -0.05) is 5.10 Å². The smallest absolute Gasteiger partial charge is 0.320 e. The maximum absolute atomic E-state index is 13.4. The summed E-state index contributed by atoms with van der Waals surface area (Å²) in [7, 11) is 1.70. The molecular weight excluding hydrogens is 261 g/mol. The summed E-state index contributed by atoms with van der Waals surface area (Å²) in [5.41, 5.74) is -0.412. The number of anilines is 2. The molecule has 8 heteroatoms. The Morgan fingerprint density at radius 2 is 1.95 bits per heavy atom. The molecule has 0 radical (unpaired) electrons. The van der Waals surface area contributed by atoms with Gasteiger partial charge in [0.1, 0.15) is 5.82 Å². The van der Waals surface area contributed by atoms with Crippen LogP contribution in [0.25, 0.3) is 0 Å². The Morgan fingerprint density at radius 1 is 1.21 bits per heavy atom. The molecule has 5 nitrogen and oxygen atoms in total. The van der Waals surface area contributed by atoms with Crippen LogP contribution in [-0.4, -0.2) is 17.2 Å². The van der Waals surface area contributed by atoms with Crippen LogP contribution < -0.4 is 10.6 Å². The summed E-state index contributed by atoms with van der Waals surface area (Å²) in [5.74, 6) is -3.17. The Bertz CT molecular complexity index is 587. The second kappa shape index (κ2) is 5.27. The number of hydrogen-bond donors (Lipinski definition) is 2. The van der Waals surface area contributed by atoms with Crippen molar-refractivity contribution in [1.29, 1.82) is 0 Å². The Balaban J connectivity index is 2.24. The minimum atomic E-state index is -1.30. The van der Waals surface area contributed by atoms with E-state index in [1.54, 1.807) is 14.0 Å². The number of halogens is 3. The maximum atomic E-state index is 13.4. The van der Waals surface area contributed by atoms with Gasteiger partial charge in [-0.2, -0.15) is 0 Å². The van der Waals surface area contributed by atoms with Crippen LogP contribution in [0.15, 0.2) is 16.5 Å². The predicted octanol–water partition coefficient (Wildman–Crippen LogP) is 2.51. The van der Waals surface area contributed by atoms with E-state index in [0.717, 1.165) is 6.07 Å². The van der Waals surface area contributed by atoms with Crippen molar-refractivity contribution in [3.05, 3.63) is 35.5 Å². The lowest BCUT2D eigenvalue weighted by Gasteiger charge is -2.05. The van der Waals surface area contributed by atoms with Gasteiger partial charge in [0.25, 0.3) is 0 Å². The molecule has 0 fully saturated rings. The molecule has 0 aliphatic carbocycles. The zero-order chi connectivity index (χ0) is 14.0. The van der Waals surface area contributed by atoms with Gasteiger partial charge in [-0.25, -0.2) is 13.2 Å². The molecule has 0 saturated heterocycles. The summed E-state index contributed by atoms with van der Waals surface area (Å²) >= 11 is 0. The van der Waals surface area contributed by atoms with Gasteiger partial charge in [-0.3, -0.25) is 0 Å². The third-order valence-corrected chi connectivity index (χ3v) is 2.48. The molecule has 1 heterocycles. The maximum Gasteiger partial charge on any atom is 0.320 e. The van der Waals surface area contributed by atoms with Crippen LogP contribution in [0.3, 0.4) is 0 Å². The molecule has 19 heavy (non-hydrogen) atoms. The van der Waals surface area contributed by atoms with Gasteiger partial charge in [-0.15, -0.1) is 5.10 Å². The van der Waals surface area contributed by atoms with Crippen molar-refractivity contribution >= 4 is 11.7 Å². The molecule has 1 aromatic heterocycles. The SMILES string of the molecule is CNC(C)c1nnc(Nc2cc(F)cc(F)c2F)o1. The molecule has 0 saturated carbocycles. The topological polar surface area (TPSA) is 63.0 Å². The average Bonchev–Trinajstić information content (AvgIpc) is 2.83. The molecule has 102 valence electrons. The number of nitrogens with zero attached hydrogens (tertiary/aromatic N) is 2. The fraction of sp³-hybridized carbons (Fsp3) is 0.273. The molecule has 0 aliphatic rings. The Morgan fingerprint density at radius 3 is 2.63 bits per heavy atom. The normalized spacial score (nSPS) is 12.5. The fourth-order valence-corrected chi connectivity index (χ4v) is 1.35. The van der Waals surface area contributed by atoms with Crippen molar-refractivity contribution in [2.75, 3.05) is 12.4 Å². The summed E-state index contributed by atoms with van der Waals surface area (Å²) in [6.45, 7) is 1.78. The molecule has 1 unspecified atom stereocenters. The number of aromatic nitrogens is 2. The highest BCUT2D eigenvalue weighted by Gasteiger charge is 2.15. The van der Waals surface area contributed by atoms with E-state index >= 15 is 0 Å². The highest BCUT2D eigenvalue weighted by Crippen LogP contribution is 2.23. The molecule has 2 aromatic rings. The lowest BCUT2D eigenvalue weighted by molar-refractivity contribution is 0.442. The Kier molecular flexibility index (Phi) is 3.70. The number of nitrogens with one attached hydrogen (secondary N) is 2. The summed E-state index contributed by atoms with van der Waals surface area (Å²) in [6.07, 6.45) is 0. The third-order valence-electron chi connectivity index (χ3n) is 2.48. The van der Waals surface area contributed by atoms with Gasteiger partial charge in [-0.05, 0) is 14.0 Å². The van der Waals surface area contributed by atoms with E-state index in [2.05, 4.69) is 20.8 Å². The molecule has 1 atom stereocenters. The standard InChI is InChI=1S/C11H11F3N4O/c1-5(15-2)10-17-18-11(19-10)16-8-4-6(12)3-7(13)9(8)14/h3-5,15H,1-2H3,(H,16,18). The van der Waals surface area contributed by atoms with Crippen LogP contribution >= 0.6 is 0 Å². The number of rotatable bonds is 4. The number of benzene rings is 1. The van der Waals surface area contributed by atoms with E-state index in [1.807, 2.05) is 0 Å². The van der Waals surface area contributed by atoms with Gasteiger partial charge >= 0.3 is 6.01 Å².